The zero-order valence-corrected chi connectivity index (χ0v) is 8.64. The molecular formula is C9H10N6O. The van der Waals surface area contributed by atoms with E-state index in [1.807, 2.05) is 6.92 Å². The van der Waals surface area contributed by atoms with Crippen molar-refractivity contribution in [2.75, 3.05) is 0 Å². The molecule has 0 radical (unpaired) electrons. The van der Waals surface area contributed by atoms with Crippen LogP contribution in [0.15, 0.2) is 18.7 Å². The van der Waals surface area contributed by atoms with Gasteiger partial charge in [0.05, 0.1) is 12.2 Å². The summed E-state index contributed by atoms with van der Waals surface area (Å²) in [6, 6.07) is 1.81. The summed E-state index contributed by atoms with van der Waals surface area (Å²) < 4.78 is 0. The molecule has 0 saturated heterocycles. The van der Waals surface area contributed by atoms with Gasteiger partial charge < -0.3 is 5.32 Å². The van der Waals surface area contributed by atoms with E-state index >= 15 is 0 Å². The van der Waals surface area contributed by atoms with Crippen molar-refractivity contribution >= 4 is 5.91 Å². The number of amides is 1. The van der Waals surface area contributed by atoms with Crippen LogP contribution in [0.1, 0.15) is 22.0 Å². The standard InChI is InChI=1S/C9H10N6O/c1-6-2-7(12-4-11-6)3-10-9(16)8-13-5-14-15-8/h2,4-5H,3H2,1H3,(H,10,16)(H,13,14,15). The molecular weight excluding hydrogens is 208 g/mol. The highest BCUT2D eigenvalue weighted by Gasteiger charge is 2.07. The third-order valence-corrected chi connectivity index (χ3v) is 1.92. The third-order valence-electron chi connectivity index (χ3n) is 1.92. The van der Waals surface area contributed by atoms with E-state index in [2.05, 4.69) is 30.5 Å². The Hall–Kier alpha value is -2.31. The minimum absolute atomic E-state index is 0.186. The molecule has 0 aromatic carbocycles. The molecule has 82 valence electrons. The van der Waals surface area contributed by atoms with E-state index in [1.54, 1.807) is 6.07 Å². The zero-order chi connectivity index (χ0) is 11.4. The van der Waals surface area contributed by atoms with Crippen LogP contribution in [-0.2, 0) is 6.54 Å². The van der Waals surface area contributed by atoms with Gasteiger partial charge in [-0.15, -0.1) is 0 Å². The molecule has 0 atom stereocenters. The molecule has 0 unspecified atom stereocenters. The minimum Gasteiger partial charge on any atom is -0.344 e. The molecule has 1 amide bonds. The summed E-state index contributed by atoms with van der Waals surface area (Å²) in [6.45, 7) is 2.20. The van der Waals surface area contributed by atoms with Gasteiger partial charge in [-0.3, -0.25) is 9.89 Å². The van der Waals surface area contributed by atoms with E-state index < -0.39 is 0 Å². The molecule has 16 heavy (non-hydrogen) atoms. The number of aromatic nitrogens is 5. The predicted octanol–water partition coefficient (Wildman–Crippen LogP) is -0.167. The molecule has 0 aliphatic heterocycles. The van der Waals surface area contributed by atoms with Gasteiger partial charge in [-0.05, 0) is 13.0 Å². The number of H-pyrrole nitrogens is 1. The molecule has 2 aromatic heterocycles. The number of aryl methyl sites for hydroxylation is 1. The van der Waals surface area contributed by atoms with Crippen LogP contribution in [0.4, 0.5) is 0 Å². The third kappa shape index (κ3) is 2.38. The van der Waals surface area contributed by atoms with Gasteiger partial charge in [-0.1, -0.05) is 0 Å². The SMILES string of the molecule is Cc1cc(CNC(=O)c2ncn[nH]2)ncn1. The number of carbonyl (C=O) groups is 1. The van der Waals surface area contributed by atoms with E-state index in [1.165, 1.54) is 12.7 Å². The summed E-state index contributed by atoms with van der Waals surface area (Å²) >= 11 is 0. The molecule has 0 fully saturated rings. The molecule has 2 N–H and O–H groups in total. The lowest BCUT2D eigenvalue weighted by atomic mass is 10.3. The van der Waals surface area contributed by atoms with Crippen molar-refractivity contribution in [2.24, 2.45) is 0 Å². The van der Waals surface area contributed by atoms with Crippen molar-refractivity contribution in [3.05, 3.63) is 35.9 Å². The van der Waals surface area contributed by atoms with Gasteiger partial charge in [-0.2, -0.15) is 5.10 Å². The van der Waals surface area contributed by atoms with Crippen molar-refractivity contribution in [3.8, 4) is 0 Å². The monoisotopic (exact) mass is 218 g/mol. The summed E-state index contributed by atoms with van der Waals surface area (Å²) in [5.41, 5.74) is 1.61. The molecule has 7 nitrogen and oxygen atoms in total. The van der Waals surface area contributed by atoms with E-state index in [4.69, 9.17) is 0 Å². The molecule has 0 aliphatic rings. The highest BCUT2D eigenvalue weighted by molar-refractivity contribution is 5.90. The van der Waals surface area contributed by atoms with Crippen molar-refractivity contribution in [3.63, 3.8) is 0 Å². The first kappa shape index (κ1) is 10.2. The average Bonchev–Trinajstić information content (AvgIpc) is 2.79. The van der Waals surface area contributed by atoms with Gasteiger partial charge in [0.15, 0.2) is 0 Å². The number of rotatable bonds is 3. The topological polar surface area (TPSA) is 96.5 Å². The summed E-state index contributed by atoms with van der Waals surface area (Å²) in [5.74, 6) is -0.125. The highest BCUT2D eigenvalue weighted by Crippen LogP contribution is 1.96. The molecule has 2 heterocycles. The minimum atomic E-state index is -0.311. The Morgan fingerprint density at radius 3 is 2.94 bits per heavy atom. The van der Waals surface area contributed by atoms with Gasteiger partial charge >= 0.3 is 0 Å². The smallest absolute Gasteiger partial charge is 0.288 e. The lowest BCUT2D eigenvalue weighted by molar-refractivity contribution is 0.0940. The first-order valence-corrected chi connectivity index (χ1v) is 4.67. The first-order valence-electron chi connectivity index (χ1n) is 4.67. The largest absolute Gasteiger partial charge is 0.344 e. The lowest BCUT2D eigenvalue weighted by Gasteiger charge is -2.02. The van der Waals surface area contributed by atoms with Crippen LogP contribution in [0, 0.1) is 6.92 Å². The van der Waals surface area contributed by atoms with E-state index in [9.17, 15) is 4.79 Å². The second-order valence-corrected chi connectivity index (χ2v) is 3.17. The predicted molar refractivity (Wildman–Crippen MR) is 54.3 cm³/mol. The maximum absolute atomic E-state index is 11.5. The Morgan fingerprint density at radius 1 is 1.38 bits per heavy atom. The Kier molecular flexibility index (Phi) is 2.86. The summed E-state index contributed by atoms with van der Waals surface area (Å²) in [6.07, 6.45) is 2.75. The average molecular weight is 218 g/mol. The molecule has 7 heteroatoms. The second kappa shape index (κ2) is 4.47. The molecule has 0 spiro atoms. The van der Waals surface area contributed by atoms with Gasteiger partial charge in [0.2, 0.25) is 5.82 Å². The quantitative estimate of drug-likeness (QED) is 0.745. The molecule has 2 rings (SSSR count). The Morgan fingerprint density at radius 2 is 2.25 bits per heavy atom. The van der Waals surface area contributed by atoms with Crippen LogP contribution in [0.25, 0.3) is 0 Å². The fourth-order valence-electron chi connectivity index (χ4n) is 1.18. The number of aromatic amines is 1. The Balaban J connectivity index is 1.95. The van der Waals surface area contributed by atoms with Crippen LogP contribution in [0.5, 0.6) is 0 Å². The lowest BCUT2D eigenvalue weighted by Crippen LogP contribution is -2.24. The number of hydrogen-bond acceptors (Lipinski definition) is 5. The normalized spacial score (nSPS) is 10.1. The molecule has 2 aromatic rings. The van der Waals surface area contributed by atoms with Crippen LogP contribution >= 0.6 is 0 Å². The molecule has 0 aliphatic carbocycles. The van der Waals surface area contributed by atoms with Crippen molar-refractivity contribution < 1.29 is 4.79 Å². The molecule has 0 saturated carbocycles. The second-order valence-electron chi connectivity index (χ2n) is 3.17. The summed E-state index contributed by atoms with van der Waals surface area (Å²) in [7, 11) is 0. The Bertz CT molecular complexity index is 481. The van der Waals surface area contributed by atoms with Gasteiger partial charge in [0.1, 0.15) is 12.7 Å². The van der Waals surface area contributed by atoms with Crippen molar-refractivity contribution in [1.29, 1.82) is 0 Å². The fourth-order valence-corrected chi connectivity index (χ4v) is 1.18. The molecule has 0 bridgehead atoms. The van der Waals surface area contributed by atoms with Gasteiger partial charge in [-0.25, -0.2) is 15.0 Å². The first-order chi connectivity index (χ1) is 7.75. The number of nitrogens with zero attached hydrogens (tertiary/aromatic N) is 4. The Labute approximate surface area is 91.4 Å². The number of hydrogen-bond donors (Lipinski definition) is 2. The van der Waals surface area contributed by atoms with Crippen molar-refractivity contribution in [1.82, 2.24) is 30.5 Å². The highest BCUT2D eigenvalue weighted by atomic mass is 16.2. The van der Waals surface area contributed by atoms with E-state index in [0.717, 1.165) is 11.4 Å². The van der Waals surface area contributed by atoms with E-state index in [0.29, 0.717) is 6.54 Å². The summed E-state index contributed by atoms with van der Waals surface area (Å²) in [4.78, 5) is 23.2. The van der Waals surface area contributed by atoms with Crippen LogP contribution in [0.2, 0.25) is 0 Å². The van der Waals surface area contributed by atoms with Gasteiger partial charge in [0.25, 0.3) is 5.91 Å². The number of carbonyl (C=O) groups excluding carboxylic acids is 1. The van der Waals surface area contributed by atoms with Gasteiger partial charge in [0, 0.05) is 5.69 Å². The number of nitrogens with one attached hydrogen (secondary N) is 2. The maximum Gasteiger partial charge on any atom is 0.288 e. The fraction of sp³-hybridized carbons (Fsp3) is 0.222. The van der Waals surface area contributed by atoms with Crippen LogP contribution in [-0.4, -0.2) is 31.1 Å². The van der Waals surface area contributed by atoms with Crippen molar-refractivity contribution in [2.45, 2.75) is 13.5 Å². The van der Waals surface area contributed by atoms with E-state index in [-0.39, 0.29) is 11.7 Å². The van der Waals surface area contributed by atoms with Crippen LogP contribution < -0.4 is 5.32 Å². The maximum atomic E-state index is 11.5. The summed E-state index contributed by atoms with van der Waals surface area (Å²) in [5, 5.41) is 8.73. The zero-order valence-electron chi connectivity index (χ0n) is 8.64. The van der Waals surface area contributed by atoms with Crippen LogP contribution in [0.3, 0.4) is 0 Å².